The maximum atomic E-state index is 9.75. The summed E-state index contributed by atoms with van der Waals surface area (Å²) in [5.74, 6) is 0. The molecular formula is C14H28O6. The zero-order chi connectivity index (χ0) is 15.0. The summed E-state index contributed by atoms with van der Waals surface area (Å²) in [5, 5.41) is 37.7. The van der Waals surface area contributed by atoms with E-state index in [1.807, 2.05) is 0 Å². The van der Waals surface area contributed by atoms with Crippen LogP contribution in [0.2, 0.25) is 0 Å². The minimum atomic E-state index is -1.24. The molecule has 1 heterocycles. The predicted molar refractivity (Wildman–Crippen MR) is 73.1 cm³/mol. The van der Waals surface area contributed by atoms with Gasteiger partial charge in [0.25, 0.3) is 0 Å². The second kappa shape index (κ2) is 9.65. The lowest BCUT2D eigenvalue weighted by molar-refractivity contribution is -0.181. The van der Waals surface area contributed by atoms with Gasteiger partial charge in [0.2, 0.25) is 0 Å². The average molecular weight is 292 g/mol. The van der Waals surface area contributed by atoms with Crippen LogP contribution in [0.5, 0.6) is 0 Å². The van der Waals surface area contributed by atoms with E-state index in [9.17, 15) is 15.3 Å². The molecule has 1 rings (SSSR count). The fourth-order valence-electron chi connectivity index (χ4n) is 2.31. The number of ether oxygens (including phenoxy) is 2. The highest BCUT2D eigenvalue weighted by Gasteiger charge is 2.46. The van der Waals surface area contributed by atoms with Crippen molar-refractivity contribution in [2.24, 2.45) is 0 Å². The Morgan fingerprint density at radius 1 is 1.05 bits per heavy atom. The van der Waals surface area contributed by atoms with Gasteiger partial charge in [0.15, 0.2) is 6.29 Å². The fraction of sp³-hybridized carbons (Fsp3) is 1.00. The van der Waals surface area contributed by atoms with Crippen LogP contribution < -0.4 is 0 Å². The van der Waals surface area contributed by atoms with Crippen LogP contribution in [0.3, 0.4) is 0 Å². The first-order valence-electron chi connectivity index (χ1n) is 7.54. The molecule has 5 atom stereocenters. The number of aliphatic hydroxyl groups excluding tert-OH is 4. The Balaban J connectivity index is 2.17. The highest BCUT2D eigenvalue weighted by atomic mass is 16.7. The molecule has 0 aromatic rings. The van der Waals surface area contributed by atoms with Crippen molar-refractivity contribution in [1.29, 1.82) is 0 Å². The zero-order valence-electron chi connectivity index (χ0n) is 12.1. The van der Waals surface area contributed by atoms with Gasteiger partial charge in [-0.05, 0) is 6.42 Å². The molecule has 6 nitrogen and oxygen atoms in total. The smallest absolute Gasteiger partial charge is 0.186 e. The van der Waals surface area contributed by atoms with Gasteiger partial charge in [0.1, 0.15) is 24.4 Å². The van der Waals surface area contributed by atoms with E-state index in [-0.39, 0.29) is 0 Å². The van der Waals surface area contributed by atoms with Crippen molar-refractivity contribution < 1.29 is 29.9 Å². The van der Waals surface area contributed by atoms with Crippen LogP contribution in [0.25, 0.3) is 0 Å². The van der Waals surface area contributed by atoms with Crippen LogP contribution in [0.4, 0.5) is 0 Å². The molecule has 0 unspecified atom stereocenters. The topological polar surface area (TPSA) is 99.4 Å². The SMILES string of the molecule is CCCCCCCCO[C@@H]1O[C@@H]([C@@H](O)CO)[C@@H](O)[C@@H]1O. The maximum absolute atomic E-state index is 9.75. The Morgan fingerprint density at radius 3 is 2.35 bits per heavy atom. The van der Waals surface area contributed by atoms with E-state index >= 15 is 0 Å². The van der Waals surface area contributed by atoms with Gasteiger partial charge in [-0.3, -0.25) is 0 Å². The third kappa shape index (κ3) is 5.27. The molecule has 20 heavy (non-hydrogen) atoms. The summed E-state index contributed by atoms with van der Waals surface area (Å²) in [7, 11) is 0. The quantitative estimate of drug-likeness (QED) is 0.428. The van der Waals surface area contributed by atoms with Gasteiger partial charge in [-0.2, -0.15) is 0 Å². The minimum Gasteiger partial charge on any atom is -0.394 e. The summed E-state index contributed by atoms with van der Waals surface area (Å²) in [6, 6.07) is 0. The lowest BCUT2D eigenvalue weighted by Crippen LogP contribution is -2.40. The Morgan fingerprint density at radius 2 is 1.70 bits per heavy atom. The molecule has 0 aliphatic carbocycles. The molecule has 1 aliphatic rings. The largest absolute Gasteiger partial charge is 0.394 e. The third-order valence-corrected chi connectivity index (χ3v) is 3.60. The van der Waals surface area contributed by atoms with Crippen molar-refractivity contribution in [3.63, 3.8) is 0 Å². The third-order valence-electron chi connectivity index (χ3n) is 3.60. The molecule has 120 valence electrons. The summed E-state index contributed by atoms with van der Waals surface area (Å²) in [4.78, 5) is 0. The molecule has 0 bridgehead atoms. The van der Waals surface area contributed by atoms with E-state index < -0.39 is 37.3 Å². The first-order valence-corrected chi connectivity index (χ1v) is 7.54. The van der Waals surface area contributed by atoms with E-state index in [0.29, 0.717) is 6.61 Å². The van der Waals surface area contributed by atoms with Gasteiger partial charge in [-0.25, -0.2) is 0 Å². The Kier molecular flexibility index (Phi) is 8.60. The van der Waals surface area contributed by atoms with Gasteiger partial charge < -0.3 is 29.9 Å². The summed E-state index contributed by atoms with van der Waals surface area (Å²) in [6.07, 6.45) is 1.19. The van der Waals surface area contributed by atoms with Crippen LogP contribution in [-0.2, 0) is 9.47 Å². The second-order valence-electron chi connectivity index (χ2n) is 5.34. The van der Waals surface area contributed by atoms with Crippen LogP contribution in [0.15, 0.2) is 0 Å². The van der Waals surface area contributed by atoms with Crippen molar-refractivity contribution in [1.82, 2.24) is 0 Å². The lowest BCUT2D eigenvalue weighted by atomic mass is 10.1. The molecule has 6 heteroatoms. The zero-order valence-corrected chi connectivity index (χ0v) is 12.1. The van der Waals surface area contributed by atoms with Crippen molar-refractivity contribution in [3.8, 4) is 0 Å². The van der Waals surface area contributed by atoms with E-state index in [0.717, 1.165) is 12.8 Å². The van der Waals surface area contributed by atoms with Crippen LogP contribution >= 0.6 is 0 Å². The molecule has 0 amide bonds. The van der Waals surface area contributed by atoms with Crippen LogP contribution in [-0.4, -0.2) is 64.3 Å². The van der Waals surface area contributed by atoms with Crippen molar-refractivity contribution in [2.45, 2.75) is 76.2 Å². The van der Waals surface area contributed by atoms with Gasteiger partial charge >= 0.3 is 0 Å². The molecule has 1 aliphatic heterocycles. The van der Waals surface area contributed by atoms with Gasteiger partial charge in [0.05, 0.1) is 6.61 Å². The highest BCUT2D eigenvalue weighted by molar-refractivity contribution is 4.90. The normalized spacial score (nSPS) is 31.6. The summed E-state index contributed by atoms with van der Waals surface area (Å²) >= 11 is 0. The molecular weight excluding hydrogens is 264 g/mol. The summed E-state index contributed by atoms with van der Waals surface area (Å²) in [6.45, 7) is 2.09. The van der Waals surface area contributed by atoms with E-state index in [4.69, 9.17) is 14.6 Å². The maximum Gasteiger partial charge on any atom is 0.186 e. The summed E-state index contributed by atoms with van der Waals surface area (Å²) in [5.41, 5.74) is 0. The molecule has 0 radical (unpaired) electrons. The van der Waals surface area contributed by atoms with E-state index in [1.165, 1.54) is 25.7 Å². The molecule has 0 aromatic heterocycles. The molecule has 1 fully saturated rings. The molecule has 0 spiro atoms. The van der Waals surface area contributed by atoms with Gasteiger partial charge in [-0.1, -0.05) is 39.0 Å². The van der Waals surface area contributed by atoms with E-state index in [1.54, 1.807) is 0 Å². The number of hydrogen-bond acceptors (Lipinski definition) is 6. The molecule has 0 saturated carbocycles. The Labute approximate surface area is 120 Å². The van der Waals surface area contributed by atoms with Crippen molar-refractivity contribution in [3.05, 3.63) is 0 Å². The molecule has 0 aromatic carbocycles. The first kappa shape index (κ1) is 17.8. The van der Waals surface area contributed by atoms with Gasteiger partial charge in [0, 0.05) is 6.61 Å². The Bertz CT molecular complexity index is 250. The van der Waals surface area contributed by atoms with E-state index in [2.05, 4.69) is 6.92 Å². The highest BCUT2D eigenvalue weighted by Crippen LogP contribution is 2.24. The standard InChI is InChI=1S/C14H28O6/c1-2-3-4-5-6-7-8-19-14-12(18)11(17)13(20-14)10(16)9-15/h10-18H,2-9H2,1H3/t10-,11-,12-,13-,14+/m0/s1. The Hall–Kier alpha value is -0.240. The van der Waals surface area contributed by atoms with Gasteiger partial charge in [-0.15, -0.1) is 0 Å². The number of unbranched alkanes of at least 4 members (excludes halogenated alkanes) is 5. The second-order valence-corrected chi connectivity index (χ2v) is 5.34. The average Bonchev–Trinajstić information content (AvgIpc) is 2.74. The molecule has 1 saturated heterocycles. The number of aliphatic hydroxyl groups is 4. The van der Waals surface area contributed by atoms with Crippen LogP contribution in [0.1, 0.15) is 45.4 Å². The lowest BCUT2D eigenvalue weighted by Gasteiger charge is -2.18. The fourth-order valence-corrected chi connectivity index (χ4v) is 2.31. The first-order chi connectivity index (χ1) is 9.61. The summed E-state index contributed by atoms with van der Waals surface area (Å²) < 4.78 is 10.6. The number of hydrogen-bond donors (Lipinski definition) is 4. The van der Waals surface area contributed by atoms with Crippen LogP contribution in [0, 0.1) is 0 Å². The molecule has 4 N–H and O–H groups in total. The minimum absolute atomic E-state index is 0.447. The number of rotatable bonds is 10. The van der Waals surface area contributed by atoms with Crippen molar-refractivity contribution >= 4 is 0 Å². The van der Waals surface area contributed by atoms with Crippen molar-refractivity contribution in [2.75, 3.05) is 13.2 Å². The predicted octanol–water partition coefficient (Wildman–Crippen LogP) is 0.163. The monoisotopic (exact) mass is 292 g/mol.